The number of likely N-dealkylation sites (tertiary alicyclic amines) is 1. The summed E-state index contributed by atoms with van der Waals surface area (Å²) in [6.45, 7) is 5.42. The first-order valence-corrected chi connectivity index (χ1v) is 9.46. The molecule has 0 aliphatic carbocycles. The molecule has 0 radical (unpaired) electrons. The van der Waals surface area contributed by atoms with Gasteiger partial charge >= 0.3 is 0 Å². The van der Waals surface area contributed by atoms with Crippen LogP contribution in [0.1, 0.15) is 37.7 Å². The number of halogens is 2. The lowest BCUT2D eigenvalue weighted by Crippen LogP contribution is -2.41. The predicted molar refractivity (Wildman–Crippen MR) is 107 cm³/mol. The molecule has 1 aromatic carbocycles. The van der Waals surface area contributed by atoms with E-state index in [1.54, 1.807) is 0 Å². The second-order valence-electron chi connectivity index (χ2n) is 6.46. The van der Waals surface area contributed by atoms with Crippen LogP contribution in [0, 0.1) is 6.92 Å². The third kappa shape index (κ3) is 7.70. The number of carbonyl (C=O) groups is 1. The minimum atomic E-state index is 0. The van der Waals surface area contributed by atoms with Crippen LogP contribution < -0.4 is 10.5 Å². The molecule has 0 unspecified atom stereocenters. The number of nitrogens with zero attached hydrogens (tertiary/aromatic N) is 1. The first-order chi connectivity index (χ1) is 12.1. The molecule has 5 nitrogen and oxygen atoms in total. The molecule has 7 heteroatoms. The topological polar surface area (TPSA) is 64.8 Å². The van der Waals surface area contributed by atoms with Gasteiger partial charge in [-0.1, -0.05) is 11.6 Å². The number of piperidine rings is 1. The molecule has 0 atom stereocenters. The molecular formula is C19H30Cl2N2O3. The van der Waals surface area contributed by atoms with E-state index in [-0.39, 0.29) is 24.4 Å². The molecule has 2 N–H and O–H groups in total. The van der Waals surface area contributed by atoms with E-state index in [1.165, 1.54) is 0 Å². The monoisotopic (exact) mass is 404 g/mol. The maximum absolute atomic E-state index is 12.3. The zero-order valence-corrected chi connectivity index (χ0v) is 17.0. The van der Waals surface area contributed by atoms with E-state index in [0.29, 0.717) is 26.0 Å². The van der Waals surface area contributed by atoms with Gasteiger partial charge < -0.3 is 20.1 Å². The maximum atomic E-state index is 12.3. The van der Waals surface area contributed by atoms with Crippen molar-refractivity contribution >= 4 is 29.9 Å². The molecule has 0 bridgehead atoms. The molecule has 1 heterocycles. The predicted octanol–water partition coefficient (Wildman–Crippen LogP) is 3.59. The largest absolute Gasteiger partial charge is 0.494 e. The fraction of sp³-hybridized carbons (Fsp3) is 0.632. The highest BCUT2D eigenvalue weighted by Crippen LogP contribution is 2.21. The van der Waals surface area contributed by atoms with E-state index in [4.69, 9.17) is 26.8 Å². The molecular weight excluding hydrogens is 375 g/mol. The Balaban J connectivity index is 0.00000338. The summed E-state index contributed by atoms with van der Waals surface area (Å²) in [6.07, 6.45) is 4.23. The summed E-state index contributed by atoms with van der Waals surface area (Å²) in [5.74, 6) is 1.00. The summed E-state index contributed by atoms with van der Waals surface area (Å²) in [5, 5.41) is 0.734. The number of carbonyl (C=O) groups excluding carboxylic acids is 1. The van der Waals surface area contributed by atoms with Gasteiger partial charge in [-0.15, -0.1) is 12.4 Å². The van der Waals surface area contributed by atoms with Crippen LogP contribution in [0.4, 0.5) is 0 Å². The summed E-state index contributed by atoms with van der Waals surface area (Å²) in [4.78, 5) is 14.2. The van der Waals surface area contributed by atoms with Crippen molar-refractivity contribution in [2.24, 2.45) is 5.73 Å². The lowest BCUT2D eigenvalue weighted by Gasteiger charge is -2.32. The first-order valence-electron chi connectivity index (χ1n) is 9.08. The Morgan fingerprint density at radius 1 is 1.27 bits per heavy atom. The Morgan fingerprint density at radius 2 is 2.00 bits per heavy atom. The zero-order chi connectivity index (χ0) is 18.1. The number of hydrogen-bond donors (Lipinski definition) is 1. The van der Waals surface area contributed by atoms with Crippen LogP contribution in [0.2, 0.25) is 5.02 Å². The highest BCUT2D eigenvalue weighted by molar-refractivity contribution is 6.31. The molecule has 1 fully saturated rings. The number of aryl methyl sites for hydroxylation is 1. The van der Waals surface area contributed by atoms with Crippen molar-refractivity contribution in [3.8, 4) is 5.75 Å². The van der Waals surface area contributed by atoms with Gasteiger partial charge in [0.25, 0.3) is 0 Å². The minimum Gasteiger partial charge on any atom is -0.494 e. The van der Waals surface area contributed by atoms with Crippen LogP contribution in [0.25, 0.3) is 0 Å². The molecule has 148 valence electrons. The summed E-state index contributed by atoms with van der Waals surface area (Å²) >= 11 is 5.99. The van der Waals surface area contributed by atoms with Gasteiger partial charge in [0.05, 0.1) is 12.7 Å². The molecule has 26 heavy (non-hydrogen) atoms. The molecule has 1 aliphatic rings. The maximum Gasteiger partial charge on any atom is 0.222 e. The van der Waals surface area contributed by atoms with Crippen molar-refractivity contribution in [3.63, 3.8) is 0 Å². The van der Waals surface area contributed by atoms with Gasteiger partial charge in [0.15, 0.2) is 0 Å². The molecule has 1 amide bonds. The fourth-order valence-corrected chi connectivity index (χ4v) is 3.00. The van der Waals surface area contributed by atoms with Crippen LogP contribution in [-0.4, -0.2) is 49.8 Å². The van der Waals surface area contributed by atoms with Crippen LogP contribution in [-0.2, 0) is 9.53 Å². The quantitative estimate of drug-likeness (QED) is 0.638. The Bertz CT molecular complexity index is 550. The number of hydrogen-bond acceptors (Lipinski definition) is 4. The molecule has 1 aliphatic heterocycles. The van der Waals surface area contributed by atoms with Crippen molar-refractivity contribution in [1.82, 2.24) is 4.90 Å². The van der Waals surface area contributed by atoms with E-state index >= 15 is 0 Å². The lowest BCUT2D eigenvalue weighted by atomic mass is 10.1. The Kier molecular flexibility index (Phi) is 11.0. The summed E-state index contributed by atoms with van der Waals surface area (Å²) in [7, 11) is 0. The minimum absolute atomic E-state index is 0. The van der Waals surface area contributed by atoms with Crippen LogP contribution in [0.5, 0.6) is 5.75 Å². The summed E-state index contributed by atoms with van der Waals surface area (Å²) in [6, 6.07) is 5.60. The van der Waals surface area contributed by atoms with Crippen molar-refractivity contribution in [3.05, 3.63) is 28.8 Å². The van der Waals surface area contributed by atoms with E-state index in [2.05, 4.69) is 0 Å². The van der Waals surface area contributed by atoms with Gasteiger partial charge in [-0.2, -0.15) is 0 Å². The highest BCUT2D eigenvalue weighted by atomic mass is 35.5. The highest BCUT2D eigenvalue weighted by Gasteiger charge is 2.22. The van der Waals surface area contributed by atoms with Gasteiger partial charge in [0.1, 0.15) is 5.75 Å². The molecule has 0 spiro atoms. The summed E-state index contributed by atoms with van der Waals surface area (Å²) in [5.41, 5.74) is 6.46. The van der Waals surface area contributed by atoms with Crippen LogP contribution in [0.3, 0.4) is 0 Å². The number of ether oxygens (including phenoxy) is 2. The normalized spacial score (nSPS) is 14.8. The number of nitrogens with two attached hydrogens (primary N) is 1. The zero-order valence-electron chi connectivity index (χ0n) is 15.4. The first kappa shape index (κ1) is 23.0. The Hall–Kier alpha value is -1.01. The number of amides is 1. The third-order valence-electron chi connectivity index (χ3n) is 4.43. The van der Waals surface area contributed by atoms with Gasteiger partial charge in [-0.25, -0.2) is 0 Å². The molecule has 0 aromatic heterocycles. The third-order valence-corrected chi connectivity index (χ3v) is 4.85. The molecule has 1 aromatic rings. The smallest absolute Gasteiger partial charge is 0.222 e. The number of benzene rings is 1. The van der Waals surface area contributed by atoms with Crippen LogP contribution >= 0.6 is 24.0 Å². The SMILES string of the molecule is Cc1cc(OCCCC(=O)N2CCC(OCCCN)CC2)ccc1Cl.Cl. The molecule has 2 rings (SSSR count). The van der Waals surface area contributed by atoms with Crippen molar-refractivity contribution < 1.29 is 14.3 Å². The standard InChI is InChI=1S/C19H29ClN2O3.ClH/c1-15-14-17(5-6-18(15)20)25-12-2-4-19(23)22-10-7-16(8-11-22)24-13-3-9-21;/h5-6,14,16H,2-4,7-13,21H2,1H3;1H. The average molecular weight is 405 g/mol. The Morgan fingerprint density at radius 3 is 2.65 bits per heavy atom. The second-order valence-corrected chi connectivity index (χ2v) is 6.86. The fourth-order valence-electron chi connectivity index (χ4n) is 2.88. The van der Waals surface area contributed by atoms with E-state index in [0.717, 1.165) is 55.3 Å². The van der Waals surface area contributed by atoms with E-state index < -0.39 is 0 Å². The molecule has 0 saturated carbocycles. The van der Waals surface area contributed by atoms with Crippen molar-refractivity contribution in [1.29, 1.82) is 0 Å². The lowest BCUT2D eigenvalue weighted by molar-refractivity contribution is -0.134. The van der Waals surface area contributed by atoms with Gasteiger partial charge in [-0.3, -0.25) is 4.79 Å². The second kappa shape index (κ2) is 12.4. The number of rotatable bonds is 9. The Labute approximate surface area is 167 Å². The van der Waals surface area contributed by atoms with Crippen molar-refractivity contribution in [2.45, 2.75) is 45.1 Å². The summed E-state index contributed by atoms with van der Waals surface area (Å²) < 4.78 is 11.5. The van der Waals surface area contributed by atoms with E-state index in [1.807, 2.05) is 30.0 Å². The average Bonchev–Trinajstić information content (AvgIpc) is 2.62. The van der Waals surface area contributed by atoms with Gasteiger partial charge in [-0.05, 0) is 62.9 Å². The van der Waals surface area contributed by atoms with Crippen molar-refractivity contribution in [2.75, 3.05) is 32.8 Å². The molecule has 1 saturated heterocycles. The van der Waals surface area contributed by atoms with Crippen LogP contribution in [0.15, 0.2) is 18.2 Å². The van der Waals surface area contributed by atoms with Gasteiger partial charge in [0.2, 0.25) is 5.91 Å². The van der Waals surface area contributed by atoms with E-state index in [9.17, 15) is 4.79 Å². The van der Waals surface area contributed by atoms with Gasteiger partial charge in [0, 0.05) is 31.1 Å².